The molecule has 2 aliphatic rings. The third kappa shape index (κ3) is 3.06. The second-order valence-corrected chi connectivity index (χ2v) is 7.03. The number of aliphatic hydroxyl groups excluding tert-OH is 1. The zero-order valence-electron chi connectivity index (χ0n) is 13.2. The summed E-state index contributed by atoms with van der Waals surface area (Å²) < 4.78 is 0. The summed E-state index contributed by atoms with van der Waals surface area (Å²) in [5.41, 5.74) is 4.95. The topological polar surface area (TPSA) is 86.9 Å². The van der Waals surface area contributed by atoms with Gasteiger partial charge in [0, 0.05) is 19.6 Å². The third-order valence-electron chi connectivity index (χ3n) is 4.55. The van der Waals surface area contributed by atoms with Gasteiger partial charge in [0.2, 0.25) is 11.8 Å². The lowest BCUT2D eigenvalue weighted by Gasteiger charge is -2.55. The summed E-state index contributed by atoms with van der Waals surface area (Å²) in [6.45, 7) is 9.15. The average molecular weight is 297 g/mol. The van der Waals surface area contributed by atoms with E-state index < -0.39 is 18.1 Å². The van der Waals surface area contributed by atoms with Crippen molar-refractivity contribution in [3.05, 3.63) is 0 Å². The summed E-state index contributed by atoms with van der Waals surface area (Å²) in [4.78, 5) is 27.8. The van der Waals surface area contributed by atoms with E-state index in [9.17, 15) is 14.7 Å². The summed E-state index contributed by atoms with van der Waals surface area (Å²) in [7, 11) is 0. The number of likely N-dealkylation sites (tertiary alicyclic amines) is 2. The molecule has 2 amide bonds. The minimum Gasteiger partial charge on any atom is -0.391 e. The zero-order valence-corrected chi connectivity index (χ0v) is 13.2. The van der Waals surface area contributed by atoms with E-state index in [1.807, 2.05) is 0 Å². The van der Waals surface area contributed by atoms with E-state index in [1.54, 1.807) is 0 Å². The number of hydrogen-bond donors (Lipinski definition) is 2. The van der Waals surface area contributed by atoms with E-state index in [0.29, 0.717) is 12.5 Å². The number of aliphatic hydroxyl groups is 1. The first kappa shape index (κ1) is 16.2. The van der Waals surface area contributed by atoms with Gasteiger partial charge in [-0.15, -0.1) is 0 Å². The molecule has 2 saturated heterocycles. The van der Waals surface area contributed by atoms with Crippen molar-refractivity contribution in [1.82, 2.24) is 9.80 Å². The van der Waals surface area contributed by atoms with Crippen molar-refractivity contribution in [2.24, 2.45) is 17.1 Å². The normalized spacial score (nSPS) is 29.6. The van der Waals surface area contributed by atoms with Crippen molar-refractivity contribution in [3.63, 3.8) is 0 Å². The maximum absolute atomic E-state index is 12.6. The molecule has 0 aliphatic carbocycles. The van der Waals surface area contributed by atoms with Gasteiger partial charge in [-0.25, -0.2) is 0 Å². The molecule has 0 bridgehead atoms. The molecule has 6 heteroatoms. The van der Waals surface area contributed by atoms with Crippen molar-refractivity contribution in [1.29, 1.82) is 0 Å². The number of β-lactam (4-membered cyclic amide) rings is 1. The van der Waals surface area contributed by atoms with Crippen molar-refractivity contribution < 1.29 is 14.7 Å². The van der Waals surface area contributed by atoms with Crippen LogP contribution in [0, 0.1) is 11.3 Å². The predicted octanol–water partition coefficient (Wildman–Crippen LogP) is -0.198. The van der Waals surface area contributed by atoms with Gasteiger partial charge >= 0.3 is 0 Å². The van der Waals surface area contributed by atoms with Crippen LogP contribution in [-0.4, -0.2) is 65.0 Å². The quantitative estimate of drug-likeness (QED) is 0.688. The number of nitrogens with zero attached hydrogens (tertiary/aromatic N) is 2. The number of nitrogens with two attached hydrogens (primary N) is 1. The van der Waals surface area contributed by atoms with E-state index in [0.717, 1.165) is 32.5 Å². The van der Waals surface area contributed by atoms with Crippen molar-refractivity contribution >= 4 is 11.8 Å². The summed E-state index contributed by atoms with van der Waals surface area (Å²) in [6, 6.07) is -0.899. The molecule has 1 spiro atoms. The highest BCUT2D eigenvalue weighted by Crippen LogP contribution is 2.41. The highest BCUT2D eigenvalue weighted by atomic mass is 16.3. The fraction of sp³-hybridized carbons (Fsp3) is 0.867. The Balaban J connectivity index is 2.04. The second kappa shape index (κ2) is 5.93. The Morgan fingerprint density at radius 2 is 2.05 bits per heavy atom. The summed E-state index contributed by atoms with van der Waals surface area (Å²) in [5, 5.41) is 9.69. The van der Waals surface area contributed by atoms with Crippen LogP contribution >= 0.6 is 0 Å². The molecule has 0 aromatic carbocycles. The third-order valence-corrected chi connectivity index (χ3v) is 4.55. The first-order valence-electron chi connectivity index (χ1n) is 7.77. The van der Waals surface area contributed by atoms with E-state index in [4.69, 9.17) is 5.73 Å². The van der Waals surface area contributed by atoms with Gasteiger partial charge in [0.15, 0.2) is 0 Å². The van der Waals surface area contributed by atoms with E-state index >= 15 is 0 Å². The number of hydrogen-bond acceptors (Lipinski definition) is 4. The molecule has 0 saturated carbocycles. The zero-order chi connectivity index (χ0) is 15.8. The van der Waals surface area contributed by atoms with Crippen molar-refractivity contribution in [3.8, 4) is 0 Å². The van der Waals surface area contributed by atoms with Gasteiger partial charge in [-0.05, 0) is 32.2 Å². The molecule has 3 N–H and O–H groups in total. The average Bonchev–Trinajstić information content (AvgIpc) is 2.36. The molecule has 2 aliphatic heterocycles. The van der Waals surface area contributed by atoms with Crippen LogP contribution < -0.4 is 5.73 Å². The lowest BCUT2D eigenvalue weighted by atomic mass is 9.71. The highest BCUT2D eigenvalue weighted by molar-refractivity contribution is 5.94. The molecule has 6 nitrogen and oxygen atoms in total. The number of piperidine rings is 1. The fourth-order valence-electron chi connectivity index (χ4n) is 3.76. The Morgan fingerprint density at radius 1 is 1.38 bits per heavy atom. The monoisotopic (exact) mass is 297 g/mol. The van der Waals surface area contributed by atoms with E-state index in [1.165, 1.54) is 11.8 Å². The van der Waals surface area contributed by atoms with Crippen molar-refractivity contribution in [2.75, 3.05) is 26.2 Å². The standard InChI is InChI=1S/C15H27N3O3/c1-10(2)7-17-6-4-5-15(8-17)9-18(14(15)21)12(11(3)19)13(16)20/h10-12,19H,4-9H2,1-3H3,(H2,16,20)/t11-,12+,15?/m1/s1. The van der Waals surface area contributed by atoms with Crippen LogP contribution in [0.4, 0.5) is 0 Å². The molecule has 0 aromatic heterocycles. The van der Waals surface area contributed by atoms with Crippen LogP contribution in [-0.2, 0) is 9.59 Å². The Labute approximate surface area is 126 Å². The number of carbonyl (C=O) groups excluding carboxylic acids is 2. The summed E-state index contributed by atoms with van der Waals surface area (Å²) >= 11 is 0. The van der Waals surface area contributed by atoms with Crippen LogP contribution in [0.2, 0.25) is 0 Å². The molecule has 21 heavy (non-hydrogen) atoms. The number of primary amides is 1. The Morgan fingerprint density at radius 3 is 2.52 bits per heavy atom. The fourth-order valence-corrected chi connectivity index (χ4v) is 3.76. The molecule has 0 radical (unpaired) electrons. The lowest BCUT2D eigenvalue weighted by molar-refractivity contribution is -0.177. The Kier molecular flexibility index (Phi) is 4.58. The molecule has 3 atom stereocenters. The molecule has 1 unspecified atom stereocenters. The molecule has 0 aromatic rings. The highest BCUT2D eigenvalue weighted by Gasteiger charge is 2.56. The molecule has 2 heterocycles. The maximum Gasteiger partial charge on any atom is 0.242 e. The number of rotatable bonds is 5. The molecule has 120 valence electrons. The van der Waals surface area contributed by atoms with Crippen LogP contribution in [0.15, 0.2) is 0 Å². The minimum absolute atomic E-state index is 0.0272. The van der Waals surface area contributed by atoms with Gasteiger partial charge in [0.25, 0.3) is 0 Å². The van der Waals surface area contributed by atoms with Crippen LogP contribution in [0.1, 0.15) is 33.6 Å². The maximum atomic E-state index is 12.6. The van der Waals surface area contributed by atoms with Crippen LogP contribution in [0.25, 0.3) is 0 Å². The van der Waals surface area contributed by atoms with Crippen LogP contribution in [0.5, 0.6) is 0 Å². The first-order chi connectivity index (χ1) is 9.77. The molecular formula is C15H27N3O3. The van der Waals surface area contributed by atoms with Gasteiger partial charge in [-0.1, -0.05) is 13.8 Å². The number of carbonyl (C=O) groups is 2. The molecule has 2 fully saturated rings. The van der Waals surface area contributed by atoms with Gasteiger partial charge in [-0.2, -0.15) is 0 Å². The smallest absolute Gasteiger partial charge is 0.242 e. The van der Waals surface area contributed by atoms with Gasteiger partial charge in [0.1, 0.15) is 6.04 Å². The summed E-state index contributed by atoms with van der Waals surface area (Å²) in [5.74, 6) is -0.0917. The van der Waals surface area contributed by atoms with Gasteiger partial charge in [0.05, 0.1) is 11.5 Å². The Bertz CT molecular complexity index is 424. The van der Waals surface area contributed by atoms with Crippen LogP contribution in [0.3, 0.4) is 0 Å². The number of amides is 2. The lowest BCUT2D eigenvalue weighted by Crippen LogP contribution is -2.72. The Hall–Kier alpha value is -1.14. The minimum atomic E-state index is -0.931. The predicted molar refractivity (Wildman–Crippen MR) is 79.3 cm³/mol. The van der Waals surface area contributed by atoms with E-state index in [2.05, 4.69) is 18.7 Å². The van der Waals surface area contributed by atoms with Gasteiger partial charge in [-0.3, -0.25) is 9.59 Å². The molecule has 2 rings (SSSR count). The first-order valence-corrected chi connectivity index (χ1v) is 7.77. The summed E-state index contributed by atoms with van der Waals surface area (Å²) in [6.07, 6.45) is 0.934. The largest absolute Gasteiger partial charge is 0.391 e. The second-order valence-electron chi connectivity index (χ2n) is 7.03. The van der Waals surface area contributed by atoms with E-state index in [-0.39, 0.29) is 11.3 Å². The van der Waals surface area contributed by atoms with Crippen molar-refractivity contribution in [2.45, 2.75) is 45.8 Å². The molecular weight excluding hydrogens is 270 g/mol. The SMILES string of the molecule is CC(C)CN1CCCC2(C1)CN([C@H](C(N)=O)[C@@H](C)O)C2=O. The van der Waals surface area contributed by atoms with Gasteiger partial charge < -0.3 is 20.6 Å².